The van der Waals surface area contributed by atoms with Crippen LogP contribution in [-0.2, 0) is 9.59 Å². The number of allylic oxidation sites excluding steroid dienone is 2. The van der Waals surface area contributed by atoms with E-state index in [0.717, 1.165) is 31.5 Å². The fourth-order valence-electron chi connectivity index (χ4n) is 3.86. The van der Waals surface area contributed by atoms with Crippen LogP contribution in [0.4, 0.5) is 0 Å². The lowest BCUT2D eigenvalue weighted by atomic mass is 9.85. The Morgan fingerprint density at radius 3 is 2.13 bits per heavy atom. The lowest BCUT2D eigenvalue weighted by Gasteiger charge is -2.13. The van der Waals surface area contributed by atoms with Crippen molar-refractivity contribution in [3.8, 4) is 0 Å². The van der Waals surface area contributed by atoms with E-state index in [1.165, 1.54) is 0 Å². The second kappa shape index (κ2) is 5.38. The van der Waals surface area contributed by atoms with Crippen molar-refractivity contribution in [3.63, 3.8) is 0 Å². The molecule has 0 unspecified atom stereocenters. The Kier molecular flexibility index (Phi) is 3.57. The minimum Gasteiger partial charge on any atom is -0.272 e. The fraction of sp³-hybridized carbons (Fsp3) is 0.353. The predicted octanol–water partition coefficient (Wildman–Crippen LogP) is 3.66. The van der Waals surface area contributed by atoms with Gasteiger partial charge in [-0.25, -0.2) is 0 Å². The highest BCUT2D eigenvalue weighted by Gasteiger charge is 2.59. The first-order valence-corrected chi connectivity index (χ1v) is 9.11. The van der Waals surface area contributed by atoms with Gasteiger partial charge in [0.2, 0.25) is 0 Å². The Morgan fingerprint density at radius 1 is 1.09 bits per heavy atom. The number of hydrazone groups is 1. The van der Waals surface area contributed by atoms with Crippen molar-refractivity contribution in [2.45, 2.75) is 13.3 Å². The van der Waals surface area contributed by atoms with Gasteiger partial charge in [-0.3, -0.25) is 9.59 Å². The third-order valence-electron chi connectivity index (χ3n) is 5.07. The average molecular weight is 438 g/mol. The quantitative estimate of drug-likeness (QED) is 0.402. The van der Waals surface area contributed by atoms with Gasteiger partial charge in [-0.2, -0.15) is 10.1 Å². The summed E-state index contributed by atoms with van der Waals surface area (Å²) in [5.74, 6) is -0.289. The molecule has 1 heterocycles. The summed E-state index contributed by atoms with van der Waals surface area (Å²) in [5, 5.41) is 5.26. The predicted molar refractivity (Wildman–Crippen MR) is 93.7 cm³/mol. The van der Waals surface area contributed by atoms with E-state index in [9.17, 15) is 9.59 Å². The van der Waals surface area contributed by atoms with E-state index in [0.29, 0.717) is 0 Å². The number of benzene rings is 1. The Hall–Kier alpha value is -1.27. The molecule has 1 aliphatic heterocycles. The molecule has 1 aromatic carbocycles. The second-order valence-electron chi connectivity index (χ2n) is 6.34. The van der Waals surface area contributed by atoms with Gasteiger partial charge >= 0.3 is 0 Å². The first kappa shape index (κ1) is 15.3. The molecule has 4 nitrogen and oxygen atoms in total. The van der Waals surface area contributed by atoms with E-state index in [4.69, 9.17) is 0 Å². The van der Waals surface area contributed by atoms with Gasteiger partial charge in [0, 0.05) is 8.95 Å². The standard InChI is InChI=1S/C17H14Br2N2O2/c1-8-12(18)4-9(5-13(8)19)7-20-21-16(22)14-10-2-3-11(6-10)15(14)17(21)23/h2-5,7,10-11,14-15H,6H2,1H3/b20-7-/t10-,11-,14-,15+/m0/s1. The molecule has 0 aromatic heterocycles. The Labute approximate surface area is 150 Å². The number of halogens is 2. The SMILES string of the molecule is Cc1c(Br)cc(/C=N\N2C(=O)[C@@H]3[C@H](C2=O)[C@H]2C=C[C@H]3C2)cc1Br. The van der Waals surface area contributed by atoms with Crippen LogP contribution in [0.3, 0.4) is 0 Å². The van der Waals surface area contributed by atoms with Gasteiger partial charge in [0.25, 0.3) is 11.8 Å². The first-order chi connectivity index (χ1) is 11.0. The number of nitrogens with zero attached hydrogens (tertiary/aromatic N) is 2. The van der Waals surface area contributed by atoms with Crippen molar-refractivity contribution in [2.24, 2.45) is 28.8 Å². The largest absolute Gasteiger partial charge is 0.272 e. The molecule has 0 radical (unpaired) electrons. The molecule has 0 N–H and O–H groups in total. The lowest BCUT2D eigenvalue weighted by molar-refractivity contribution is -0.140. The molecule has 2 fully saturated rings. The molecule has 3 aliphatic rings. The zero-order chi connectivity index (χ0) is 16.3. The molecule has 2 aliphatic carbocycles. The number of hydrogen-bond donors (Lipinski definition) is 0. The summed E-state index contributed by atoms with van der Waals surface area (Å²) in [4.78, 5) is 25.1. The summed E-state index contributed by atoms with van der Waals surface area (Å²) in [6.45, 7) is 1.99. The summed E-state index contributed by atoms with van der Waals surface area (Å²) >= 11 is 6.98. The summed E-state index contributed by atoms with van der Waals surface area (Å²) in [6, 6.07) is 3.83. The monoisotopic (exact) mass is 436 g/mol. The van der Waals surface area contributed by atoms with Crippen LogP contribution in [0.25, 0.3) is 0 Å². The van der Waals surface area contributed by atoms with Crippen molar-refractivity contribution in [3.05, 3.63) is 44.4 Å². The number of hydrogen-bond acceptors (Lipinski definition) is 3. The average Bonchev–Trinajstić information content (AvgIpc) is 3.18. The van der Waals surface area contributed by atoms with Gasteiger partial charge in [-0.15, -0.1) is 0 Å². The summed E-state index contributed by atoms with van der Waals surface area (Å²) in [5.41, 5.74) is 1.92. The van der Waals surface area contributed by atoms with Crippen LogP contribution < -0.4 is 0 Å². The number of rotatable bonds is 2. The molecule has 4 rings (SSSR count). The number of carbonyl (C=O) groups is 2. The van der Waals surface area contributed by atoms with E-state index in [1.807, 2.05) is 19.1 Å². The zero-order valence-corrected chi connectivity index (χ0v) is 15.5. The first-order valence-electron chi connectivity index (χ1n) is 7.53. The van der Waals surface area contributed by atoms with Crippen LogP contribution in [0, 0.1) is 30.6 Å². The molecular weight excluding hydrogens is 424 g/mol. The van der Waals surface area contributed by atoms with Crippen molar-refractivity contribution in [1.82, 2.24) is 5.01 Å². The summed E-state index contributed by atoms with van der Waals surface area (Å²) in [7, 11) is 0. The summed E-state index contributed by atoms with van der Waals surface area (Å²) < 4.78 is 1.90. The number of imide groups is 1. The molecular formula is C17H14Br2N2O2. The van der Waals surface area contributed by atoms with E-state index in [2.05, 4.69) is 49.1 Å². The minimum atomic E-state index is -0.203. The van der Waals surface area contributed by atoms with Crippen LogP contribution in [0.2, 0.25) is 0 Å². The van der Waals surface area contributed by atoms with Crippen LogP contribution in [0.5, 0.6) is 0 Å². The highest BCUT2D eigenvalue weighted by Crippen LogP contribution is 2.52. The maximum Gasteiger partial charge on any atom is 0.254 e. The molecule has 1 saturated heterocycles. The number of fused-ring (bicyclic) bond motifs is 5. The number of amides is 2. The van der Waals surface area contributed by atoms with E-state index >= 15 is 0 Å². The third-order valence-corrected chi connectivity index (χ3v) is 6.72. The normalized spacial score (nSPS) is 31.7. The van der Waals surface area contributed by atoms with Gasteiger partial charge < -0.3 is 0 Å². The van der Waals surface area contributed by atoms with Crippen molar-refractivity contribution in [1.29, 1.82) is 0 Å². The second-order valence-corrected chi connectivity index (χ2v) is 8.05. The van der Waals surface area contributed by atoms with Gasteiger partial charge in [0.1, 0.15) is 0 Å². The maximum atomic E-state index is 12.5. The minimum absolute atomic E-state index is 0.154. The van der Waals surface area contributed by atoms with E-state index in [1.54, 1.807) is 6.21 Å². The van der Waals surface area contributed by atoms with Crippen molar-refractivity contribution < 1.29 is 9.59 Å². The van der Waals surface area contributed by atoms with E-state index < -0.39 is 0 Å². The molecule has 2 bridgehead atoms. The molecule has 23 heavy (non-hydrogen) atoms. The lowest BCUT2D eigenvalue weighted by Crippen LogP contribution is -2.28. The van der Waals surface area contributed by atoms with Crippen molar-refractivity contribution in [2.75, 3.05) is 0 Å². The molecule has 4 atom stereocenters. The number of carbonyl (C=O) groups excluding carboxylic acids is 2. The maximum absolute atomic E-state index is 12.5. The van der Waals surface area contributed by atoms with Crippen LogP contribution in [-0.4, -0.2) is 23.0 Å². The molecule has 2 amide bonds. The van der Waals surface area contributed by atoms with Crippen LogP contribution in [0.1, 0.15) is 17.5 Å². The smallest absolute Gasteiger partial charge is 0.254 e. The van der Waals surface area contributed by atoms with Crippen LogP contribution in [0.15, 0.2) is 38.3 Å². The summed E-state index contributed by atoms with van der Waals surface area (Å²) in [6.07, 6.45) is 6.67. The Bertz CT molecular complexity index is 734. The van der Waals surface area contributed by atoms with Gasteiger partial charge in [0.15, 0.2) is 0 Å². The molecule has 1 saturated carbocycles. The van der Waals surface area contributed by atoms with Gasteiger partial charge in [0.05, 0.1) is 18.1 Å². The Balaban J connectivity index is 1.60. The Morgan fingerprint density at radius 2 is 1.61 bits per heavy atom. The highest BCUT2D eigenvalue weighted by atomic mass is 79.9. The topological polar surface area (TPSA) is 49.7 Å². The molecule has 118 valence electrons. The van der Waals surface area contributed by atoms with Gasteiger partial charge in [-0.05, 0) is 48.4 Å². The molecule has 6 heteroatoms. The van der Waals surface area contributed by atoms with Crippen LogP contribution >= 0.6 is 31.9 Å². The van der Waals surface area contributed by atoms with Crippen molar-refractivity contribution >= 4 is 49.9 Å². The zero-order valence-electron chi connectivity index (χ0n) is 12.4. The molecule has 1 aromatic rings. The van der Waals surface area contributed by atoms with Gasteiger partial charge in [-0.1, -0.05) is 44.0 Å². The fourth-order valence-corrected chi connectivity index (χ4v) is 5.09. The highest BCUT2D eigenvalue weighted by molar-refractivity contribution is 9.11. The molecule has 0 spiro atoms. The third kappa shape index (κ3) is 2.26. The van der Waals surface area contributed by atoms with E-state index in [-0.39, 0.29) is 35.5 Å².